The van der Waals surface area contributed by atoms with Gasteiger partial charge in [-0.2, -0.15) is 0 Å². The van der Waals surface area contributed by atoms with Crippen LogP contribution in [0.1, 0.15) is 25.7 Å². The van der Waals surface area contributed by atoms with Gasteiger partial charge in [-0.25, -0.2) is 0 Å². The standard InChI is InChI=1S/C10H16ClNO2/c11-6-4-8-12-7-3-1-2-5-9(12)10(13)14/h4,6,9H,1-3,5,7-8H2,(H,13,14). The van der Waals surface area contributed by atoms with Crippen molar-refractivity contribution < 1.29 is 9.90 Å². The molecule has 1 aliphatic heterocycles. The monoisotopic (exact) mass is 217 g/mol. The summed E-state index contributed by atoms with van der Waals surface area (Å²) in [5, 5.41) is 9.03. The Morgan fingerprint density at radius 2 is 2.29 bits per heavy atom. The Hall–Kier alpha value is -0.540. The number of carboxylic acid groups (broad SMARTS) is 1. The molecule has 0 aliphatic carbocycles. The fraction of sp³-hybridized carbons (Fsp3) is 0.700. The third-order valence-electron chi connectivity index (χ3n) is 2.58. The van der Waals surface area contributed by atoms with E-state index < -0.39 is 5.97 Å². The molecule has 1 atom stereocenters. The quantitative estimate of drug-likeness (QED) is 0.787. The Balaban J connectivity index is 2.58. The van der Waals surface area contributed by atoms with Gasteiger partial charge in [0, 0.05) is 12.1 Å². The zero-order valence-electron chi connectivity index (χ0n) is 8.16. The molecule has 0 radical (unpaired) electrons. The van der Waals surface area contributed by atoms with Gasteiger partial charge in [0.2, 0.25) is 0 Å². The van der Waals surface area contributed by atoms with E-state index >= 15 is 0 Å². The van der Waals surface area contributed by atoms with Gasteiger partial charge in [-0.1, -0.05) is 30.5 Å². The number of aliphatic carboxylic acids is 1. The van der Waals surface area contributed by atoms with Crippen LogP contribution in [-0.4, -0.2) is 35.1 Å². The highest BCUT2D eigenvalue weighted by Crippen LogP contribution is 2.16. The number of rotatable bonds is 3. The summed E-state index contributed by atoms with van der Waals surface area (Å²) in [6.07, 6.45) is 5.77. The maximum Gasteiger partial charge on any atom is 0.320 e. The molecule has 14 heavy (non-hydrogen) atoms. The van der Waals surface area contributed by atoms with Crippen molar-refractivity contribution in [2.45, 2.75) is 31.7 Å². The largest absolute Gasteiger partial charge is 0.480 e. The molecule has 0 saturated carbocycles. The summed E-state index contributed by atoms with van der Waals surface area (Å²) in [6.45, 7) is 1.50. The topological polar surface area (TPSA) is 40.5 Å². The number of hydrogen-bond donors (Lipinski definition) is 1. The van der Waals surface area contributed by atoms with Crippen LogP contribution in [0.5, 0.6) is 0 Å². The average molecular weight is 218 g/mol. The normalized spacial score (nSPS) is 25.1. The number of likely N-dealkylation sites (tertiary alicyclic amines) is 1. The zero-order valence-corrected chi connectivity index (χ0v) is 8.91. The van der Waals surface area contributed by atoms with E-state index in [9.17, 15) is 4.79 Å². The van der Waals surface area contributed by atoms with Crippen molar-refractivity contribution in [3.8, 4) is 0 Å². The summed E-state index contributed by atoms with van der Waals surface area (Å²) < 4.78 is 0. The first kappa shape index (κ1) is 11.5. The molecule has 0 aromatic heterocycles. The van der Waals surface area contributed by atoms with Crippen LogP contribution >= 0.6 is 11.6 Å². The highest BCUT2D eigenvalue weighted by molar-refractivity contribution is 6.25. The number of hydrogen-bond acceptors (Lipinski definition) is 2. The van der Waals surface area contributed by atoms with Crippen LogP contribution in [0.4, 0.5) is 0 Å². The maximum absolute atomic E-state index is 11.0. The van der Waals surface area contributed by atoms with Crippen molar-refractivity contribution in [1.82, 2.24) is 4.90 Å². The van der Waals surface area contributed by atoms with Crippen LogP contribution in [0.15, 0.2) is 11.6 Å². The van der Waals surface area contributed by atoms with Crippen molar-refractivity contribution >= 4 is 17.6 Å². The Labute approximate surface area is 89.3 Å². The summed E-state index contributed by atoms with van der Waals surface area (Å²) in [5.41, 5.74) is 1.45. The van der Waals surface area contributed by atoms with E-state index in [0.717, 1.165) is 32.2 Å². The first-order valence-corrected chi connectivity index (χ1v) is 5.41. The van der Waals surface area contributed by atoms with E-state index in [4.69, 9.17) is 16.7 Å². The summed E-state index contributed by atoms with van der Waals surface area (Å²) in [4.78, 5) is 13.0. The maximum atomic E-state index is 11.0. The van der Waals surface area contributed by atoms with E-state index in [-0.39, 0.29) is 6.04 Å². The molecule has 0 amide bonds. The van der Waals surface area contributed by atoms with Gasteiger partial charge in [0.05, 0.1) is 0 Å². The van der Waals surface area contributed by atoms with Gasteiger partial charge in [0.25, 0.3) is 0 Å². The third-order valence-corrected chi connectivity index (χ3v) is 2.76. The Morgan fingerprint density at radius 3 is 2.93 bits per heavy atom. The fourth-order valence-corrected chi connectivity index (χ4v) is 1.92. The lowest BCUT2D eigenvalue weighted by molar-refractivity contribution is -0.143. The van der Waals surface area contributed by atoms with Gasteiger partial charge in [-0.05, 0) is 19.4 Å². The second-order valence-electron chi connectivity index (χ2n) is 3.56. The predicted octanol–water partition coefficient (Wildman–Crippen LogP) is 2.07. The van der Waals surface area contributed by atoms with Crippen LogP contribution in [0.3, 0.4) is 0 Å². The molecular weight excluding hydrogens is 202 g/mol. The van der Waals surface area contributed by atoms with Crippen molar-refractivity contribution in [2.24, 2.45) is 0 Å². The van der Waals surface area contributed by atoms with Gasteiger partial charge in [0.15, 0.2) is 0 Å². The molecule has 0 aromatic rings. The summed E-state index contributed by atoms with van der Waals surface area (Å²) in [5.74, 6) is -0.713. The van der Waals surface area contributed by atoms with Crippen LogP contribution in [0.25, 0.3) is 0 Å². The number of nitrogens with zero attached hydrogens (tertiary/aromatic N) is 1. The first-order chi connectivity index (χ1) is 6.75. The van der Waals surface area contributed by atoms with Crippen molar-refractivity contribution in [3.05, 3.63) is 11.6 Å². The summed E-state index contributed by atoms with van der Waals surface area (Å²) in [6, 6.07) is -0.328. The minimum Gasteiger partial charge on any atom is -0.480 e. The van der Waals surface area contributed by atoms with E-state index in [2.05, 4.69) is 0 Å². The molecule has 1 aliphatic rings. The molecule has 4 heteroatoms. The summed E-state index contributed by atoms with van der Waals surface area (Å²) in [7, 11) is 0. The molecule has 1 N–H and O–H groups in total. The lowest BCUT2D eigenvalue weighted by Gasteiger charge is -2.24. The second-order valence-corrected chi connectivity index (χ2v) is 3.81. The Morgan fingerprint density at radius 1 is 1.50 bits per heavy atom. The van der Waals surface area contributed by atoms with Crippen LogP contribution in [0.2, 0.25) is 0 Å². The van der Waals surface area contributed by atoms with Gasteiger partial charge < -0.3 is 5.11 Å². The minimum atomic E-state index is -0.713. The lowest BCUT2D eigenvalue weighted by Crippen LogP contribution is -2.40. The number of halogens is 1. The molecule has 0 spiro atoms. The highest BCUT2D eigenvalue weighted by Gasteiger charge is 2.25. The van der Waals surface area contributed by atoms with Gasteiger partial charge in [-0.3, -0.25) is 9.69 Å². The third kappa shape index (κ3) is 3.31. The van der Waals surface area contributed by atoms with Gasteiger partial charge in [0.1, 0.15) is 6.04 Å². The van der Waals surface area contributed by atoms with Crippen molar-refractivity contribution in [1.29, 1.82) is 0 Å². The average Bonchev–Trinajstić information content (AvgIpc) is 2.39. The smallest absolute Gasteiger partial charge is 0.320 e. The van der Waals surface area contributed by atoms with Crippen molar-refractivity contribution in [3.63, 3.8) is 0 Å². The molecule has 1 heterocycles. The number of carboxylic acids is 1. The van der Waals surface area contributed by atoms with Crippen LogP contribution in [-0.2, 0) is 4.79 Å². The predicted molar refractivity (Wildman–Crippen MR) is 56.5 cm³/mol. The molecule has 1 unspecified atom stereocenters. The number of carbonyl (C=O) groups is 1. The van der Waals surface area contributed by atoms with E-state index in [1.807, 2.05) is 4.90 Å². The summed E-state index contributed by atoms with van der Waals surface area (Å²) >= 11 is 5.43. The van der Waals surface area contributed by atoms with E-state index in [1.165, 1.54) is 5.54 Å². The fourth-order valence-electron chi connectivity index (χ4n) is 1.84. The zero-order chi connectivity index (χ0) is 10.4. The molecular formula is C10H16ClNO2. The first-order valence-electron chi connectivity index (χ1n) is 4.98. The molecule has 0 bridgehead atoms. The molecule has 1 rings (SSSR count). The van der Waals surface area contributed by atoms with E-state index in [1.54, 1.807) is 6.08 Å². The molecule has 0 aromatic carbocycles. The van der Waals surface area contributed by atoms with E-state index in [0.29, 0.717) is 6.54 Å². The minimum absolute atomic E-state index is 0.328. The van der Waals surface area contributed by atoms with Gasteiger partial charge >= 0.3 is 5.97 Å². The highest BCUT2D eigenvalue weighted by atomic mass is 35.5. The molecule has 80 valence electrons. The Bertz CT molecular complexity index is 218. The lowest BCUT2D eigenvalue weighted by atomic mass is 10.1. The molecule has 3 nitrogen and oxygen atoms in total. The van der Waals surface area contributed by atoms with Crippen LogP contribution < -0.4 is 0 Å². The molecule has 1 fully saturated rings. The Kier molecular flexibility index (Phi) is 4.98. The second kappa shape index (κ2) is 6.04. The van der Waals surface area contributed by atoms with Crippen molar-refractivity contribution in [2.75, 3.05) is 13.1 Å². The molecule has 1 saturated heterocycles. The SMILES string of the molecule is O=C(O)C1CCCCCN1CC=CCl. The van der Waals surface area contributed by atoms with Crippen LogP contribution in [0, 0.1) is 0 Å². The van der Waals surface area contributed by atoms with Gasteiger partial charge in [-0.15, -0.1) is 0 Å².